The van der Waals surface area contributed by atoms with Gasteiger partial charge in [-0.05, 0) is 51.3 Å². The van der Waals surface area contributed by atoms with Gasteiger partial charge in [-0.3, -0.25) is 20.5 Å². The Hall–Kier alpha value is -3.27. The molecule has 5 rings (SSSR count). The monoisotopic (exact) mass is 510 g/mol. The number of carbonyl (C=O) groups is 1. The summed E-state index contributed by atoms with van der Waals surface area (Å²) in [5.74, 6) is -0.102. The van der Waals surface area contributed by atoms with Gasteiger partial charge < -0.3 is 30.2 Å². The van der Waals surface area contributed by atoms with Gasteiger partial charge in [0.1, 0.15) is 17.3 Å². The van der Waals surface area contributed by atoms with Gasteiger partial charge in [-0.25, -0.2) is 0 Å². The first-order chi connectivity index (χ1) is 17.8. The summed E-state index contributed by atoms with van der Waals surface area (Å²) in [5, 5.41) is 13.2. The number of carbonyl (C=O) groups excluding carboxylic acids is 1. The van der Waals surface area contributed by atoms with Crippen LogP contribution in [0, 0.1) is 0 Å². The third kappa shape index (κ3) is 4.41. The molecule has 1 fully saturated rings. The van der Waals surface area contributed by atoms with Gasteiger partial charge in [0.05, 0.1) is 18.3 Å². The van der Waals surface area contributed by atoms with Crippen molar-refractivity contribution >= 4 is 22.5 Å². The van der Waals surface area contributed by atoms with Crippen LogP contribution in [-0.4, -0.2) is 72.2 Å². The predicted octanol–water partition coefficient (Wildman–Crippen LogP) is 2.47. The van der Waals surface area contributed by atoms with Gasteiger partial charge in [0.25, 0.3) is 5.91 Å². The fourth-order valence-corrected chi connectivity index (χ4v) is 6.29. The summed E-state index contributed by atoms with van der Waals surface area (Å²) in [5.41, 5.74) is 9.25. The van der Waals surface area contributed by atoms with Crippen LogP contribution in [0.1, 0.15) is 52.9 Å². The zero-order chi connectivity index (χ0) is 26.3. The van der Waals surface area contributed by atoms with Crippen molar-refractivity contribution in [1.82, 2.24) is 25.1 Å². The number of aromatic nitrogens is 1. The fraction of sp³-hybridized carbons (Fsp3) is 0.593. The van der Waals surface area contributed by atoms with Crippen LogP contribution >= 0.6 is 0 Å². The Morgan fingerprint density at radius 1 is 1.19 bits per heavy atom. The third-order valence-electron chi connectivity index (χ3n) is 8.13. The molecule has 1 aromatic heterocycles. The summed E-state index contributed by atoms with van der Waals surface area (Å²) in [4.78, 5) is 18.0. The Morgan fingerprint density at radius 2 is 1.92 bits per heavy atom. The van der Waals surface area contributed by atoms with E-state index in [1.54, 1.807) is 7.11 Å². The Labute approximate surface area is 219 Å². The number of benzene rings is 1. The molecule has 10 nitrogen and oxygen atoms in total. The molecule has 1 amide bonds. The maximum Gasteiger partial charge on any atom is 0.275 e. The van der Waals surface area contributed by atoms with E-state index in [0.29, 0.717) is 29.2 Å². The van der Waals surface area contributed by atoms with E-state index in [2.05, 4.69) is 68.5 Å². The number of hydrogen-bond acceptors (Lipinski definition) is 8. The average molecular weight is 511 g/mol. The van der Waals surface area contributed by atoms with Gasteiger partial charge in [-0.2, -0.15) is 0 Å². The Morgan fingerprint density at radius 3 is 2.57 bits per heavy atom. The van der Waals surface area contributed by atoms with E-state index in [9.17, 15) is 4.79 Å². The van der Waals surface area contributed by atoms with Crippen molar-refractivity contribution in [1.29, 1.82) is 0 Å². The number of fused-ring (bicyclic) bond motifs is 1. The molecule has 1 aromatic carbocycles. The predicted molar refractivity (Wildman–Crippen MR) is 147 cm³/mol. The molecule has 3 heterocycles. The molecule has 2 atom stereocenters. The number of rotatable bonds is 8. The fourth-order valence-electron chi connectivity index (χ4n) is 6.29. The van der Waals surface area contributed by atoms with Crippen molar-refractivity contribution in [3.05, 3.63) is 35.9 Å². The summed E-state index contributed by atoms with van der Waals surface area (Å²) in [6.07, 6.45) is 7.78. The smallest absolute Gasteiger partial charge is 0.275 e. The molecular formula is C27H42N8O2. The number of nitrogens with zero attached hydrogens (tertiary/aromatic N) is 4. The summed E-state index contributed by atoms with van der Waals surface area (Å²) >= 11 is 0. The van der Waals surface area contributed by atoms with Crippen LogP contribution in [0.4, 0.5) is 5.69 Å². The molecule has 202 valence electrons. The number of anilines is 1. The highest BCUT2D eigenvalue weighted by Crippen LogP contribution is 2.36. The zero-order valence-corrected chi connectivity index (χ0v) is 22.8. The van der Waals surface area contributed by atoms with E-state index in [4.69, 9.17) is 10.5 Å². The Balaban J connectivity index is 1.52. The molecule has 1 saturated carbocycles. The summed E-state index contributed by atoms with van der Waals surface area (Å²) in [7, 11) is 3.63. The maximum atomic E-state index is 13.5. The number of nitrogens with one attached hydrogen (secondary N) is 3. The van der Waals surface area contributed by atoms with E-state index in [1.165, 1.54) is 12.8 Å². The topological polar surface area (TPSA) is 103 Å². The molecule has 3 aliphatic rings. The van der Waals surface area contributed by atoms with Crippen molar-refractivity contribution < 1.29 is 9.53 Å². The normalized spacial score (nSPS) is 24.3. The second-order valence-electron chi connectivity index (χ2n) is 10.4. The summed E-state index contributed by atoms with van der Waals surface area (Å²) < 4.78 is 7.89. The van der Waals surface area contributed by atoms with Crippen LogP contribution in [0.15, 0.2) is 35.9 Å². The highest BCUT2D eigenvalue weighted by molar-refractivity contribution is 5.95. The van der Waals surface area contributed by atoms with Crippen molar-refractivity contribution in [2.45, 2.75) is 70.9 Å². The molecule has 37 heavy (non-hydrogen) atoms. The number of amides is 1. The van der Waals surface area contributed by atoms with E-state index in [0.717, 1.165) is 55.6 Å². The van der Waals surface area contributed by atoms with Gasteiger partial charge in [0, 0.05) is 50.3 Å². The van der Waals surface area contributed by atoms with Crippen LogP contribution in [0.5, 0.6) is 5.75 Å². The van der Waals surface area contributed by atoms with Crippen LogP contribution in [0.3, 0.4) is 0 Å². The van der Waals surface area contributed by atoms with E-state index >= 15 is 0 Å². The minimum Gasteiger partial charge on any atom is -0.495 e. The third-order valence-corrected chi connectivity index (χ3v) is 8.13. The Bertz CT molecular complexity index is 1180. The SMILES string of the molecule is CCC1CN(C)C2=C(N[C@@](N)(Nc3cc4c(ccn4N(CC)CC)cc3OC)NC2=O)N1C1CCCC1. The number of nitrogens with two attached hydrogens (primary N) is 1. The molecule has 0 bridgehead atoms. The first-order valence-electron chi connectivity index (χ1n) is 13.7. The average Bonchev–Trinajstić information content (AvgIpc) is 3.54. The van der Waals surface area contributed by atoms with Gasteiger partial charge in [-0.1, -0.05) is 19.8 Å². The molecule has 1 aliphatic carbocycles. The number of hydrogen-bond donors (Lipinski definition) is 4. The van der Waals surface area contributed by atoms with Gasteiger partial charge >= 0.3 is 0 Å². The summed E-state index contributed by atoms with van der Waals surface area (Å²) in [6, 6.07) is 6.85. The first kappa shape index (κ1) is 25.4. The lowest BCUT2D eigenvalue weighted by Crippen LogP contribution is -2.76. The standard InChI is InChI=1S/C27H42N8O2/c1-6-19-17-32(4)24-25(35(19)20-11-9-10-12-20)30-27(28,31-26(24)36)29-21-16-22-18(15-23(21)37-5)13-14-34(22)33(7-2)8-3/h13-16,19-20,29-30H,6-12,17,28H2,1-5H3,(H,31,36)/t19?,27-/m1/s1. The van der Waals surface area contributed by atoms with Gasteiger partial charge in [0.15, 0.2) is 0 Å². The van der Waals surface area contributed by atoms with Gasteiger partial charge in [0.2, 0.25) is 5.91 Å². The molecule has 5 N–H and O–H groups in total. The highest BCUT2D eigenvalue weighted by Gasteiger charge is 2.45. The van der Waals surface area contributed by atoms with Crippen molar-refractivity contribution in [2.75, 3.05) is 44.1 Å². The summed E-state index contributed by atoms with van der Waals surface area (Å²) in [6.45, 7) is 9.08. The van der Waals surface area contributed by atoms with Crippen molar-refractivity contribution in [2.24, 2.45) is 5.73 Å². The number of likely N-dealkylation sites (N-methyl/N-ethyl adjacent to an activating group) is 1. The van der Waals surface area contributed by atoms with Crippen LogP contribution in [0.2, 0.25) is 0 Å². The first-order valence-corrected chi connectivity index (χ1v) is 13.7. The minimum atomic E-state index is -1.39. The van der Waals surface area contributed by atoms with E-state index < -0.39 is 5.91 Å². The number of ether oxygens (including phenoxy) is 1. The van der Waals surface area contributed by atoms with Crippen LogP contribution in [-0.2, 0) is 4.79 Å². The Kier molecular flexibility index (Phi) is 6.78. The minimum absolute atomic E-state index is 0.185. The molecule has 10 heteroatoms. The second-order valence-corrected chi connectivity index (χ2v) is 10.4. The van der Waals surface area contributed by atoms with E-state index in [-0.39, 0.29) is 5.91 Å². The largest absolute Gasteiger partial charge is 0.495 e. The molecule has 2 aliphatic heterocycles. The second kappa shape index (κ2) is 9.89. The molecule has 0 radical (unpaired) electrons. The molecule has 2 aromatic rings. The van der Waals surface area contributed by atoms with Gasteiger partial charge in [-0.15, -0.1) is 0 Å². The van der Waals surface area contributed by atoms with E-state index in [1.807, 2.05) is 19.2 Å². The lowest BCUT2D eigenvalue weighted by atomic mass is 10.0. The number of methoxy groups -OCH3 is 1. The van der Waals surface area contributed by atoms with Crippen LogP contribution < -0.4 is 31.4 Å². The van der Waals surface area contributed by atoms with Crippen LogP contribution in [0.25, 0.3) is 10.9 Å². The molecule has 0 spiro atoms. The van der Waals surface area contributed by atoms with Crippen molar-refractivity contribution in [3.63, 3.8) is 0 Å². The highest BCUT2D eigenvalue weighted by atomic mass is 16.5. The zero-order valence-electron chi connectivity index (χ0n) is 22.8. The lowest BCUT2D eigenvalue weighted by Gasteiger charge is -2.52. The molecule has 1 unspecified atom stereocenters. The molecular weight excluding hydrogens is 468 g/mol. The molecule has 0 saturated heterocycles. The van der Waals surface area contributed by atoms with Crippen molar-refractivity contribution in [3.8, 4) is 5.75 Å². The lowest BCUT2D eigenvalue weighted by molar-refractivity contribution is -0.123. The quantitative estimate of drug-likeness (QED) is 0.402. The maximum absolute atomic E-state index is 13.5.